The summed E-state index contributed by atoms with van der Waals surface area (Å²) in [4.78, 5) is 14.3. The Labute approximate surface area is 133 Å². The van der Waals surface area contributed by atoms with Crippen molar-refractivity contribution in [2.45, 2.75) is 20.1 Å². The number of fused-ring (bicyclic) bond motifs is 1. The van der Waals surface area contributed by atoms with Gasteiger partial charge in [-0.1, -0.05) is 23.4 Å². The van der Waals surface area contributed by atoms with E-state index in [9.17, 15) is 4.79 Å². The predicted molar refractivity (Wildman–Crippen MR) is 84.0 cm³/mol. The third-order valence-electron chi connectivity index (χ3n) is 3.60. The number of hydrogen-bond donors (Lipinski definition) is 0. The van der Waals surface area contributed by atoms with Crippen LogP contribution in [0.5, 0.6) is 0 Å². The lowest BCUT2D eigenvalue weighted by Gasteiger charge is -2.14. The normalized spacial score (nSPS) is 11.1. The SMILES string of the molecule is COCc1c(C(=O)N(C)Cc2cc(C)on2)oc2ccccc12. The summed E-state index contributed by atoms with van der Waals surface area (Å²) in [6.07, 6.45) is 0. The number of methoxy groups -OCH3 is 1. The quantitative estimate of drug-likeness (QED) is 0.723. The van der Waals surface area contributed by atoms with Gasteiger partial charge in [0.2, 0.25) is 0 Å². The number of carbonyl (C=O) groups is 1. The molecule has 0 atom stereocenters. The number of hydrogen-bond acceptors (Lipinski definition) is 5. The number of amides is 1. The molecule has 0 N–H and O–H groups in total. The molecule has 3 rings (SSSR count). The van der Waals surface area contributed by atoms with Gasteiger partial charge in [-0.25, -0.2) is 0 Å². The molecular formula is C17H18N2O4. The predicted octanol–water partition coefficient (Wildman–Crippen LogP) is 3.15. The van der Waals surface area contributed by atoms with E-state index in [-0.39, 0.29) is 5.91 Å². The first-order chi connectivity index (χ1) is 11.1. The number of aryl methyl sites for hydroxylation is 1. The zero-order valence-corrected chi connectivity index (χ0v) is 13.3. The molecule has 0 radical (unpaired) electrons. The highest BCUT2D eigenvalue weighted by Gasteiger charge is 2.23. The lowest BCUT2D eigenvalue weighted by molar-refractivity contribution is 0.0746. The van der Waals surface area contributed by atoms with Crippen molar-refractivity contribution in [1.82, 2.24) is 10.1 Å². The zero-order valence-electron chi connectivity index (χ0n) is 13.3. The smallest absolute Gasteiger partial charge is 0.290 e. The molecule has 0 aliphatic carbocycles. The van der Waals surface area contributed by atoms with Gasteiger partial charge in [0.05, 0.1) is 13.2 Å². The van der Waals surface area contributed by atoms with E-state index in [4.69, 9.17) is 13.7 Å². The molecule has 0 aliphatic heterocycles. The summed E-state index contributed by atoms with van der Waals surface area (Å²) in [7, 11) is 3.30. The summed E-state index contributed by atoms with van der Waals surface area (Å²) in [5.74, 6) is 0.800. The maximum atomic E-state index is 12.7. The number of ether oxygens (including phenoxy) is 1. The van der Waals surface area contributed by atoms with E-state index < -0.39 is 0 Å². The van der Waals surface area contributed by atoms with Crippen LogP contribution in [0.4, 0.5) is 0 Å². The highest BCUT2D eigenvalue weighted by atomic mass is 16.5. The van der Waals surface area contributed by atoms with Gasteiger partial charge in [-0.2, -0.15) is 0 Å². The number of nitrogens with zero attached hydrogens (tertiary/aromatic N) is 2. The molecule has 2 heterocycles. The molecule has 0 saturated heterocycles. The summed E-state index contributed by atoms with van der Waals surface area (Å²) < 4.78 is 16.0. The van der Waals surface area contributed by atoms with Crippen LogP contribution in [0, 0.1) is 6.92 Å². The zero-order chi connectivity index (χ0) is 16.4. The molecular weight excluding hydrogens is 296 g/mol. The maximum absolute atomic E-state index is 12.7. The summed E-state index contributed by atoms with van der Waals surface area (Å²) in [6, 6.07) is 9.35. The van der Waals surface area contributed by atoms with Gasteiger partial charge in [-0.3, -0.25) is 4.79 Å². The molecule has 1 aromatic carbocycles. The monoisotopic (exact) mass is 314 g/mol. The van der Waals surface area contributed by atoms with Crippen molar-refractivity contribution in [2.75, 3.05) is 14.2 Å². The van der Waals surface area contributed by atoms with Crippen LogP contribution < -0.4 is 0 Å². The first-order valence-electron chi connectivity index (χ1n) is 7.27. The Kier molecular flexibility index (Phi) is 4.16. The highest BCUT2D eigenvalue weighted by Crippen LogP contribution is 2.27. The van der Waals surface area contributed by atoms with Crippen molar-refractivity contribution < 1.29 is 18.5 Å². The molecule has 0 bridgehead atoms. The van der Waals surface area contributed by atoms with E-state index in [2.05, 4.69) is 5.16 Å². The van der Waals surface area contributed by atoms with E-state index in [0.717, 1.165) is 10.9 Å². The second-order valence-electron chi connectivity index (χ2n) is 5.43. The number of rotatable bonds is 5. The molecule has 0 spiro atoms. The minimum absolute atomic E-state index is 0.214. The first kappa shape index (κ1) is 15.3. The van der Waals surface area contributed by atoms with E-state index in [0.29, 0.717) is 35.9 Å². The maximum Gasteiger partial charge on any atom is 0.290 e. The number of benzene rings is 1. The van der Waals surface area contributed by atoms with Crippen molar-refractivity contribution >= 4 is 16.9 Å². The molecule has 3 aromatic rings. The second-order valence-corrected chi connectivity index (χ2v) is 5.43. The van der Waals surface area contributed by atoms with Gasteiger partial charge < -0.3 is 18.6 Å². The van der Waals surface area contributed by atoms with Gasteiger partial charge in [0.15, 0.2) is 5.76 Å². The van der Waals surface area contributed by atoms with Gasteiger partial charge in [-0.15, -0.1) is 0 Å². The van der Waals surface area contributed by atoms with Crippen LogP contribution in [0.15, 0.2) is 39.3 Å². The van der Waals surface area contributed by atoms with Crippen molar-refractivity contribution in [3.05, 3.63) is 53.1 Å². The van der Waals surface area contributed by atoms with Crippen LogP contribution in [0.25, 0.3) is 11.0 Å². The molecule has 1 amide bonds. The van der Waals surface area contributed by atoms with E-state index in [1.807, 2.05) is 31.2 Å². The Morgan fingerprint density at radius 2 is 2.13 bits per heavy atom. The standard InChI is InChI=1S/C17H18N2O4/c1-11-8-12(18-23-11)9-19(2)17(20)16-14(10-21-3)13-6-4-5-7-15(13)22-16/h4-8H,9-10H2,1-3H3. The molecule has 0 aliphatic rings. The van der Waals surface area contributed by atoms with Crippen LogP contribution in [-0.4, -0.2) is 30.1 Å². The molecule has 120 valence electrons. The molecule has 0 saturated carbocycles. The molecule has 6 heteroatoms. The van der Waals surface area contributed by atoms with Gasteiger partial charge in [0, 0.05) is 31.2 Å². The Bertz CT molecular complexity index is 834. The lowest BCUT2D eigenvalue weighted by Crippen LogP contribution is -2.26. The van der Waals surface area contributed by atoms with Gasteiger partial charge in [0.25, 0.3) is 5.91 Å². The minimum Gasteiger partial charge on any atom is -0.451 e. The largest absolute Gasteiger partial charge is 0.451 e. The highest BCUT2D eigenvalue weighted by molar-refractivity contribution is 5.98. The Hall–Kier alpha value is -2.60. The van der Waals surface area contributed by atoms with E-state index >= 15 is 0 Å². The van der Waals surface area contributed by atoms with Crippen molar-refractivity contribution in [3.63, 3.8) is 0 Å². The molecule has 23 heavy (non-hydrogen) atoms. The van der Waals surface area contributed by atoms with Gasteiger partial charge in [-0.05, 0) is 13.0 Å². The fourth-order valence-corrected chi connectivity index (χ4v) is 2.54. The van der Waals surface area contributed by atoms with Crippen molar-refractivity contribution in [2.24, 2.45) is 0 Å². The van der Waals surface area contributed by atoms with Gasteiger partial charge >= 0.3 is 0 Å². The van der Waals surface area contributed by atoms with Crippen LogP contribution in [0.3, 0.4) is 0 Å². The van der Waals surface area contributed by atoms with E-state index in [1.165, 1.54) is 0 Å². The molecule has 6 nitrogen and oxygen atoms in total. The van der Waals surface area contributed by atoms with Gasteiger partial charge in [0.1, 0.15) is 17.0 Å². The first-order valence-corrected chi connectivity index (χ1v) is 7.27. The lowest BCUT2D eigenvalue weighted by atomic mass is 10.1. The summed E-state index contributed by atoms with van der Waals surface area (Å²) in [5, 5.41) is 4.80. The average molecular weight is 314 g/mol. The molecule has 0 unspecified atom stereocenters. The minimum atomic E-state index is -0.214. The van der Waals surface area contributed by atoms with Crippen LogP contribution in [0.1, 0.15) is 27.6 Å². The number of aromatic nitrogens is 1. The molecule has 2 aromatic heterocycles. The summed E-state index contributed by atoms with van der Waals surface area (Å²) in [6.45, 7) is 2.48. The average Bonchev–Trinajstić information content (AvgIpc) is 3.11. The topological polar surface area (TPSA) is 68.7 Å². The van der Waals surface area contributed by atoms with Crippen LogP contribution >= 0.6 is 0 Å². The second kappa shape index (κ2) is 6.26. The van der Waals surface area contributed by atoms with Crippen LogP contribution in [0.2, 0.25) is 0 Å². The van der Waals surface area contributed by atoms with Crippen molar-refractivity contribution in [1.29, 1.82) is 0 Å². The Balaban J connectivity index is 1.91. The number of carbonyl (C=O) groups excluding carboxylic acids is 1. The number of para-hydroxylation sites is 1. The fraction of sp³-hybridized carbons (Fsp3) is 0.294. The Morgan fingerprint density at radius 1 is 1.35 bits per heavy atom. The summed E-state index contributed by atoms with van der Waals surface area (Å²) in [5.41, 5.74) is 2.13. The fourth-order valence-electron chi connectivity index (χ4n) is 2.54. The third-order valence-corrected chi connectivity index (χ3v) is 3.60. The number of furan rings is 1. The third kappa shape index (κ3) is 2.98. The summed E-state index contributed by atoms with van der Waals surface area (Å²) >= 11 is 0. The van der Waals surface area contributed by atoms with Crippen molar-refractivity contribution in [3.8, 4) is 0 Å². The Morgan fingerprint density at radius 3 is 2.83 bits per heavy atom. The molecule has 0 fully saturated rings. The van der Waals surface area contributed by atoms with E-state index in [1.54, 1.807) is 25.1 Å². The van der Waals surface area contributed by atoms with Crippen LogP contribution in [-0.2, 0) is 17.9 Å².